The maximum Gasteiger partial charge on any atom is 0.130 e. The van der Waals surface area contributed by atoms with Crippen LogP contribution in [0.2, 0.25) is 0 Å². The van der Waals surface area contributed by atoms with E-state index in [9.17, 15) is 0 Å². The number of nitrogens with two attached hydrogens (primary N) is 1. The van der Waals surface area contributed by atoms with Crippen LogP contribution in [0, 0.1) is 6.92 Å². The molecule has 0 saturated heterocycles. The Morgan fingerprint density at radius 2 is 2.17 bits per heavy atom. The molecule has 92 valence electrons. The molecule has 0 amide bonds. The van der Waals surface area contributed by atoms with E-state index < -0.39 is 0 Å². The second kappa shape index (κ2) is 5.60. The van der Waals surface area contributed by atoms with E-state index in [4.69, 9.17) is 22.7 Å². The first kappa shape index (κ1) is 12.5. The average Bonchev–Trinajstić information content (AvgIpc) is 2.38. The van der Waals surface area contributed by atoms with Crippen LogP contribution in [-0.2, 0) is 6.61 Å². The molecule has 1 aromatic carbocycles. The maximum atomic E-state index is 5.74. The lowest BCUT2D eigenvalue weighted by atomic mass is 10.1. The minimum atomic E-state index is 0.373. The standard InChI is InChI=1S/C14H14N2OS/c1-10-5-6-11(14(15)18)8-13(10)17-9-12-4-2-3-7-16-12/h2-8H,9H2,1H3,(H2,15,18). The van der Waals surface area contributed by atoms with Gasteiger partial charge in [0.2, 0.25) is 0 Å². The highest BCUT2D eigenvalue weighted by Crippen LogP contribution is 2.20. The number of benzene rings is 1. The zero-order chi connectivity index (χ0) is 13.0. The summed E-state index contributed by atoms with van der Waals surface area (Å²) in [5.41, 5.74) is 8.35. The summed E-state index contributed by atoms with van der Waals surface area (Å²) in [6, 6.07) is 11.4. The molecule has 0 saturated carbocycles. The predicted molar refractivity (Wildman–Crippen MR) is 75.6 cm³/mol. The van der Waals surface area contributed by atoms with Crippen molar-refractivity contribution in [3.8, 4) is 5.75 Å². The molecule has 2 aromatic rings. The molecule has 2 rings (SSSR count). The summed E-state index contributed by atoms with van der Waals surface area (Å²) in [5.74, 6) is 0.783. The first-order valence-electron chi connectivity index (χ1n) is 5.60. The van der Waals surface area contributed by atoms with E-state index >= 15 is 0 Å². The molecule has 0 aliphatic carbocycles. The van der Waals surface area contributed by atoms with E-state index in [0.29, 0.717) is 11.6 Å². The summed E-state index contributed by atoms with van der Waals surface area (Å²) in [6.07, 6.45) is 1.75. The van der Waals surface area contributed by atoms with Gasteiger partial charge in [-0.25, -0.2) is 0 Å². The third-order valence-corrected chi connectivity index (χ3v) is 2.81. The summed E-state index contributed by atoms with van der Waals surface area (Å²) in [5, 5.41) is 0. The Morgan fingerprint density at radius 3 is 2.83 bits per heavy atom. The van der Waals surface area contributed by atoms with Crippen molar-refractivity contribution in [3.05, 3.63) is 59.4 Å². The molecule has 18 heavy (non-hydrogen) atoms. The fourth-order valence-corrected chi connectivity index (χ4v) is 1.67. The Balaban J connectivity index is 2.14. The van der Waals surface area contributed by atoms with Crippen molar-refractivity contribution in [2.75, 3.05) is 0 Å². The fraction of sp³-hybridized carbons (Fsp3) is 0.143. The number of thiocarbonyl (C=S) groups is 1. The normalized spacial score (nSPS) is 10.1. The Kier molecular flexibility index (Phi) is 3.89. The molecule has 1 heterocycles. The van der Waals surface area contributed by atoms with Gasteiger partial charge in [0.25, 0.3) is 0 Å². The van der Waals surface area contributed by atoms with Gasteiger partial charge in [-0.1, -0.05) is 30.4 Å². The fourth-order valence-electron chi connectivity index (χ4n) is 1.54. The van der Waals surface area contributed by atoms with Gasteiger partial charge in [-0.3, -0.25) is 4.98 Å². The predicted octanol–water partition coefficient (Wildman–Crippen LogP) is 2.60. The summed E-state index contributed by atoms with van der Waals surface area (Å²) < 4.78 is 5.74. The number of nitrogens with zero attached hydrogens (tertiary/aromatic N) is 1. The van der Waals surface area contributed by atoms with Gasteiger partial charge in [0, 0.05) is 11.8 Å². The smallest absolute Gasteiger partial charge is 0.130 e. The number of rotatable bonds is 4. The van der Waals surface area contributed by atoms with Crippen LogP contribution >= 0.6 is 12.2 Å². The summed E-state index contributed by atoms with van der Waals surface area (Å²) in [7, 11) is 0. The van der Waals surface area contributed by atoms with Crippen LogP contribution < -0.4 is 10.5 Å². The first-order valence-corrected chi connectivity index (χ1v) is 6.01. The molecule has 1 aromatic heterocycles. The number of hydrogen-bond acceptors (Lipinski definition) is 3. The number of hydrogen-bond donors (Lipinski definition) is 1. The SMILES string of the molecule is Cc1ccc(C(N)=S)cc1OCc1ccccn1. The largest absolute Gasteiger partial charge is 0.487 e. The molecular weight excluding hydrogens is 244 g/mol. The van der Waals surface area contributed by atoms with Crippen LogP contribution in [0.4, 0.5) is 0 Å². The molecule has 0 aliphatic rings. The highest BCUT2D eigenvalue weighted by molar-refractivity contribution is 7.80. The van der Waals surface area contributed by atoms with Gasteiger partial charge >= 0.3 is 0 Å². The van der Waals surface area contributed by atoms with Crippen molar-refractivity contribution in [1.29, 1.82) is 0 Å². The zero-order valence-electron chi connectivity index (χ0n) is 10.1. The monoisotopic (exact) mass is 258 g/mol. The third kappa shape index (κ3) is 3.05. The molecule has 2 N–H and O–H groups in total. The molecule has 0 unspecified atom stereocenters. The van der Waals surface area contributed by atoms with Gasteiger partial charge in [-0.2, -0.15) is 0 Å². The lowest BCUT2D eigenvalue weighted by Crippen LogP contribution is -2.09. The van der Waals surface area contributed by atoms with Crippen molar-refractivity contribution in [2.24, 2.45) is 5.73 Å². The van der Waals surface area contributed by atoms with Crippen molar-refractivity contribution in [1.82, 2.24) is 4.98 Å². The second-order valence-electron chi connectivity index (χ2n) is 3.95. The molecule has 0 aliphatic heterocycles. The van der Waals surface area contributed by atoms with Crippen LogP contribution in [0.25, 0.3) is 0 Å². The number of aromatic nitrogens is 1. The van der Waals surface area contributed by atoms with Crippen LogP contribution in [0.15, 0.2) is 42.6 Å². The van der Waals surface area contributed by atoms with Gasteiger partial charge in [0.15, 0.2) is 0 Å². The summed E-state index contributed by atoms with van der Waals surface area (Å²) in [4.78, 5) is 4.58. The van der Waals surface area contributed by atoms with Crippen LogP contribution in [-0.4, -0.2) is 9.97 Å². The second-order valence-corrected chi connectivity index (χ2v) is 4.39. The van der Waals surface area contributed by atoms with E-state index in [2.05, 4.69) is 4.98 Å². The molecule has 0 radical (unpaired) electrons. The molecule has 0 atom stereocenters. The van der Waals surface area contributed by atoms with E-state index in [1.807, 2.05) is 43.3 Å². The molecule has 4 heteroatoms. The number of ether oxygens (including phenoxy) is 1. The Morgan fingerprint density at radius 1 is 1.33 bits per heavy atom. The molecule has 0 spiro atoms. The minimum Gasteiger partial charge on any atom is -0.487 e. The lowest BCUT2D eigenvalue weighted by molar-refractivity contribution is 0.299. The van der Waals surface area contributed by atoms with Crippen molar-refractivity contribution < 1.29 is 4.74 Å². The minimum absolute atomic E-state index is 0.373. The molecule has 0 bridgehead atoms. The topological polar surface area (TPSA) is 48.1 Å². The molecule has 3 nitrogen and oxygen atoms in total. The van der Waals surface area contributed by atoms with E-state index in [1.54, 1.807) is 6.20 Å². The Labute approximate surface area is 112 Å². The van der Waals surface area contributed by atoms with Crippen molar-refractivity contribution >= 4 is 17.2 Å². The lowest BCUT2D eigenvalue weighted by Gasteiger charge is -2.10. The number of pyridine rings is 1. The molecular formula is C14H14N2OS. The maximum absolute atomic E-state index is 5.74. The third-order valence-electron chi connectivity index (χ3n) is 2.57. The average molecular weight is 258 g/mol. The van der Waals surface area contributed by atoms with Gasteiger partial charge < -0.3 is 10.5 Å². The van der Waals surface area contributed by atoms with Crippen molar-refractivity contribution in [3.63, 3.8) is 0 Å². The van der Waals surface area contributed by atoms with Crippen molar-refractivity contribution in [2.45, 2.75) is 13.5 Å². The molecule has 0 fully saturated rings. The van der Waals surface area contributed by atoms with Crippen LogP contribution in [0.5, 0.6) is 5.75 Å². The summed E-state index contributed by atoms with van der Waals surface area (Å²) in [6.45, 7) is 2.42. The Hall–Kier alpha value is -1.94. The zero-order valence-corrected chi connectivity index (χ0v) is 10.9. The van der Waals surface area contributed by atoms with Crippen LogP contribution in [0.1, 0.15) is 16.8 Å². The van der Waals surface area contributed by atoms with E-state index in [0.717, 1.165) is 22.6 Å². The highest BCUT2D eigenvalue weighted by Gasteiger charge is 2.04. The summed E-state index contributed by atoms with van der Waals surface area (Å²) >= 11 is 4.95. The Bertz CT molecular complexity index is 555. The highest BCUT2D eigenvalue weighted by atomic mass is 32.1. The quantitative estimate of drug-likeness (QED) is 0.856. The number of aryl methyl sites for hydroxylation is 1. The van der Waals surface area contributed by atoms with E-state index in [-0.39, 0.29) is 0 Å². The van der Waals surface area contributed by atoms with Crippen LogP contribution in [0.3, 0.4) is 0 Å². The van der Waals surface area contributed by atoms with E-state index in [1.165, 1.54) is 0 Å². The van der Waals surface area contributed by atoms with Gasteiger partial charge in [-0.05, 0) is 30.7 Å². The van der Waals surface area contributed by atoms with Gasteiger partial charge in [-0.15, -0.1) is 0 Å². The first-order chi connectivity index (χ1) is 8.66. The van der Waals surface area contributed by atoms with Gasteiger partial charge in [0.05, 0.1) is 5.69 Å². The van der Waals surface area contributed by atoms with Gasteiger partial charge in [0.1, 0.15) is 17.3 Å².